The van der Waals surface area contributed by atoms with E-state index in [1.807, 2.05) is 35.2 Å². The van der Waals surface area contributed by atoms with Crippen molar-refractivity contribution >= 4 is 22.6 Å². The summed E-state index contributed by atoms with van der Waals surface area (Å²) in [5.41, 5.74) is 1.74. The van der Waals surface area contributed by atoms with Crippen LogP contribution in [0.1, 0.15) is 29.3 Å². The molecule has 0 radical (unpaired) electrons. The van der Waals surface area contributed by atoms with Crippen LogP contribution >= 0.6 is 11.5 Å². The molecule has 1 aromatic carbocycles. The molecule has 3 heterocycles. The Morgan fingerprint density at radius 1 is 1.12 bits per heavy atom. The Morgan fingerprint density at radius 3 is 2.75 bits per heavy atom. The number of hydrogen-bond donors (Lipinski definition) is 1. The lowest BCUT2D eigenvalue weighted by Crippen LogP contribution is -2.30. The quantitative estimate of drug-likeness (QED) is 0.393. The fraction of sp³-hybridized carbons (Fsp3) is 0.217. The predicted octanol–water partition coefficient (Wildman–Crippen LogP) is 3.97. The van der Waals surface area contributed by atoms with Gasteiger partial charge in [0.25, 0.3) is 0 Å². The van der Waals surface area contributed by atoms with Gasteiger partial charge in [-0.05, 0) is 42.0 Å². The first-order chi connectivity index (χ1) is 15.7. The second-order valence-electron chi connectivity index (χ2n) is 7.15. The molecular weight excluding hydrogens is 429 g/mol. The zero-order valence-electron chi connectivity index (χ0n) is 17.3. The van der Waals surface area contributed by atoms with E-state index in [-0.39, 0.29) is 11.7 Å². The van der Waals surface area contributed by atoms with E-state index in [1.165, 1.54) is 23.7 Å². The summed E-state index contributed by atoms with van der Waals surface area (Å²) in [5, 5.41) is 3.60. The van der Waals surface area contributed by atoms with Crippen molar-refractivity contribution in [2.45, 2.75) is 25.9 Å². The number of aromatic nitrogens is 3. The van der Waals surface area contributed by atoms with Crippen molar-refractivity contribution < 1.29 is 13.6 Å². The molecule has 0 unspecified atom stereocenters. The van der Waals surface area contributed by atoms with Crippen LogP contribution in [0.3, 0.4) is 0 Å². The molecule has 0 aliphatic rings. The summed E-state index contributed by atoms with van der Waals surface area (Å²) in [4.78, 5) is 23.2. The van der Waals surface area contributed by atoms with Crippen LogP contribution in [0.4, 0.5) is 9.52 Å². The number of anilines is 1. The monoisotopic (exact) mass is 451 g/mol. The van der Waals surface area contributed by atoms with Crippen LogP contribution in [0.5, 0.6) is 0 Å². The van der Waals surface area contributed by atoms with Crippen molar-refractivity contribution in [2.75, 3.05) is 11.4 Å². The third kappa shape index (κ3) is 6.21. The molecule has 32 heavy (non-hydrogen) atoms. The van der Waals surface area contributed by atoms with E-state index in [9.17, 15) is 9.18 Å². The first-order valence-electron chi connectivity index (χ1n) is 10.2. The third-order valence-electron chi connectivity index (χ3n) is 4.73. The van der Waals surface area contributed by atoms with Crippen LogP contribution in [0.25, 0.3) is 0 Å². The lowest BCUT2D eigenvalue weighted by molar-refractivity contribution is -0.121. The molecule has 4 aromatic rings. The molecule has 0 bridgehead atoms. The number of halogens is 1. The van der Waals surface area contributed by atoms with Crippen molar-refractivity contribution in [1.29, 1.82) is 0 Å². The number of amides is 1. The number of furan rings is 1. The Balaban J connectivity index is 1.38. The topological polar surface area (TPSA) is 84.2 Å². The van der Waals surface area contributed by atoms with Gasteiger partial charge in [-0.15, -0.1) is 0 Å². The van der Waals surface area contributed by atoms with E-state index in [2.05, 4.69) is 19.7 Å². The van der Waals surface area contributed by atoms with Gasteiger partial charge in [-0.25, -0.2) is 9.37 Å². The molecule has 0 aliphatic heterocycles. The van der Waals surface area contributed by atoms with E-state index in [4.69, 9.17) is 4.42 Å². The Hall–Kier alpha value is -3.59. The molecule has 3 aromatic heterocycles. The van der Waals surface area contributed by atoms with Gasteiger partial charge in [0.05, 0.1) is 25.0 Å². The molecule has 0 aliphatic carbocycles. The first-order valence-corrected chi connectivity index (χ1v) is 10.9. The van der Waals surface area contributed by atoms with E-state index in [1.54, 1.807) is 24.6 Å². The van der Waals surface area contributed by atoms with Gasteiger partial charge in [-0.3, -0.25) is 9.78 Å². The molecular formula is C23H22FN5O2S. The average molecular weight is 452 g/mol. The largest absolute Gasteiger partial charge is 0.467 e. The highest BCUT2D eigenvalue weighted by Crippen LogP contribution is 2.22. The maximum atomic E-state index is 13.1. The van der Waals surface area contributed by atoms with Gasteiger partial charge in [0.1, 0.15) is 17.4 Å². The van der Waals surface area contributed by atoms with Crippen LogP contribution < -0.4 is 10.2 Å². The van der Waals surface area contributed by atoms with E-state index >= 15 is 0 Å². The zero-order chi connectivity index (χ0) is 22.2. The molecule has 0 saturated carbocycles. The van der Waals surface area contributed by atoms with Crippen LogP contribution in [0.2, 0.25) is 0 Å². The molecule has 4 rings (SSSR count). The smallest absolute Gasteiger partial charge is 0.222 e. The molecule has 1 N–H and O–H groups in total. The maximum Gasteiger partial charge on any atom is 0.222 e. The predicted molar refractivity (Wildman–Crippen MR) is 120 cm³/mol. The summed E-state index contributed by atoms with van der Waals surface area (Å²) < 4.78 is 23.1. The molecule has 164 valence electrons. The van der Waals surface area contributed by atoms with Crippen LogP contribution in [-0.2, 0) is 24.3 Å². The first kappa shape index (κ1) is 21.6. The minimum absolute atomic E-state index is 0.0730. The summed E-state index contributed by atoms with van der Waals surface area (Å²) in [6.07, 6.45) is 4.12. The highest BCUT2D eigenvalue weighted by molar-refractivity contribution is 7.09. The van der Waals surface area contributed by atoms with Gasteiger partial charge < -0.3 is 14.6 Å². The normalized spacial score (nSPS) is 10.8. The van der Waals surface area contributed by atoms with E-state index in [0.717, 1.165) is 17.0 Å². The summed E-state index contributed by atoms with van der Waals surface area (Å²) in [5.74, 6) is 1.08. The average Bonchev–Trinajstić information content (AvgIpc) is 3.50. The van der Waals surface area contributed by atoms with Crippen molar-refractivity contribution in [3.05, 3.63) is 95.7 Å². The van der Waals surface area contributed by atoms with E-state index < -0.39 is 0 Å². The zero-order valence-corrected chi connectivity index (χ0v) is 18.1. The number of rotatable bonds is 10. The van der Waals surface area contributed by atoms with Crippen molar-refractivity contribution in [3.8, 4) is 0 Å². The number of pyridine rings is 1. The fourth-order valence-corrected chi connectivity index (χ4v) is 3.79. The second-order valence-corrected chi connectivity index (χ2v) is 7.88. The van der Waals surface area contributed by atoms with Crippen molar-refractivity contribution in [3.63, 3.8) is 0 Å². The number of benzene rings is 1. The Labute approximate surface area is 189 Å². The Morgan fingerprint density at radius 2 is 2.00 bits per heavy atom. The fourth-order valence-electron chi connectivity index (χ4n) is 3.08. The number of nitrogens with one attached hydrogen (secondary N) is 1. The SMILES string of the molecule is O=C(CCN(Cc1ccco1)c1nc(Cc2ccc(F)cc2)ns1)NCc1ccccn1. The van der Waals surface area contributed by atoms with Gasteiger partial charge in [-0.1, -0.05) is 18.2 Å². The van der Waals surface area contributed by atoms with Gasteiger partial charge >= 0.3 is 0 Å². The highest BCUT2D eigenvalue weighted by atomic mass is 32.1. The minimum atomic E-state index is -0.272. The lowest BCUT2D eigenvalue weighted by Gasteiger charge is -2.20. The molecule has 1 amide bonds. The Kier molecular flexibility index (Phi) is 7.19. The molecule has 9 heteroatoms. The molecule has 7 nitrogen and oxygen atoms in total. The number of carbonyl (C=O) groups excluding carboxylic acids is 1. The molecule has 0 atom stereocenters. The summed E-state index contributed by atoms with van der Waals surface area (Å²) in [6, 6.07) is 15.6. The summed E-state index contributed by atoms with van der Waals surface area (Å²) >= 11 is 1.27. The second kappa shape index (κ2) is 10.6. The lowest BCUT2D eigenvalue weighted by atomic mass is 10.1. The minimum Gasteiger partial charge on any atom is -0.467 e. The van der Waals surface area contributed by atoms with Crippen LogP contribution in [0.15, 0.2) is 71.5 Å². The third-order valence-corrected chi connectivity index (χ3v) is 5.55. The van der Waals surface area contributed by atoms with Crippen LogP contribution in [-0.4, -0.2) is 26.8 Å². The van der Waals surface area contributed by atoms with Gasteiger partial charge in [0.15, 0.2) is 0 Å². The van der Waals surface area contributed by atoms with Crippen molar-refractivity contribution in [2.24, 2.45) is 0 Å². The number of carbonyl (C=O) groups is 1. The van der Waals surface area contributed by atoms with E-state index in [0.29, 0.717) is 43.4 Å². The summed E-state index contributed by atoms with van der Waals surface area (Å²) in [7, 11) is 0. The molecule has 0 saturated heterocycles. The molecule has 0 fully saturated rings. The maximum absolute atomic E-state index is 13.1. The molecule has 0 spiro atoms. The standard InChI is InChI=1S/C23H22FN5O2S/c24-18-8-6-17(7-9-18)14-21-27-23(32-28-21)29(16-20-5-3-13-31-20)12-10-22(30)26-15-19-4-1-2-11-25-19/h1-9,11,13H,10,12,14-16H2,(H,26,30). The van der Waals surface area contributed by atoms with Gasteiger partial charge in [0.2, 0.25) is 11.0 Å². The van der Waals surface area contributed by atoms with Gasteiger partial charge in [-0.2, -0.15) is 4.37 Å². The summed E-state index contributed by atoms with van der Waals surface area (Å²) in [6.45, 7) is 1.32. The number of hydrogen-bond acceptors (Lipinski definition) is 7. The van der Waals surface area contributed by atoms with Crippen LogP contribution in [0, 0.1) is 5.82 Å². The van der Waals surface area contributed by atoms with Gasteiger partial charge in [0, 0.05) is 37.1 Å². The Bertz CT molecular complexity index is 1120. The highest BCUT2D eigenvalue weighted by Gasteiger charge is 2.16. The number of nitrogens with zero attached hydrogens (tertiary/aromatic N) is 4. The van der Waals surface area contributed by atoms with Crippen molar-refractivity contribution in [1.82, 2.24) is 19.7 Å².